The molecule has 0 aliphatic heterocycles. The van der Waals surface area contributed by atoms with E-state index >= 15 is 0 Å². The summed E-state index contributed by atoms with van der Waals surface area (Å²) in [4.78, 5) is 15.7. The topological polar surface area (TPSA) is 65.0 Å². The van der Waals surface area contributed by atoms with Crippen molar-refractivity contribution in [2.24, 2.45) is 0 Å². The first-order chi connectivity index (χ1) is 9.70. The number of nitrogens with zero attached hydrogens (tertiary/aromatic N) is 3. The van der Waals surface area contributed by atoms with Gasteiger partial charge in [0.2, 0.25) is 5.16 Å². The average molecular weight is 289 g/mol. The van der Waals surface area contributed by atoms with Gasteiger partial charge >= 0.3 is 5.97 Å². The van der Waals surface area contributed by atoms with Crippen LogP contribution in [-0.2, 0) is 9.53 Å². The van der Waals surface area contributed by atoms with Crippen molar-refractivity contribution in [2.75, 3.05) is 6.61 Å². The summed E-state index contributed by atoms with van der Waals surface area (Å²) in [6, 6.07) is 9.69. The zero-order valence-corrected chi connectivity index (χ0v) is 12.1. The van der Waals surface area contributed by atoms with Crippen LogP contribution in [-0.4, -0.2) is 33.0 Å². The van der Waals surface area contributed by atoms with Gasteiger partial charge in [0.15, 0.2) is 0 Å². The van der Waals surface area contributed by atoms with Gasteiger partial charge in [0, 0.05) is 5.56 Å². The third-order valence-corrected chi connectivity index (χ3v) is 3.45. The molecule has 0 unspecified atom stereocenters. The second kappa shape index (κ2) is 7.00. The molecule has 0 N–H and O–H groups in total. The molecule has 0 aliphatic carbocycles. The summed E-state index contributed by atoms with van der Waals surface area (Å²) in [7, 11) is 0. The van der Waals surface area contributed by atoms with Crippen LogP contribution in [0.15, 0.2) is 41.7 Å². The molecule has 1 atom stereocenters. The zero-order chi connectivity index (χ0) is 14.4. The molecular formula is C14H15N3O2S. The Kier molecular flexibility index (Phi) is 5.06. The number of rotatable bonds is 5. The molecule has 2 rings (SSSR count). The van der Waals surface area contributed by atoms with Crippen molar-refractivity contribution in [3.05, 3.63) is 36.5 Å². The molecule has 5 nitrogen and oxygen atoms in total. The number of ether oxygens (including phenoxy) is 1. The van der Waals surface area contributed by atoms with E-state index in [0.29, 0.717) is 17.5 Å². The first kappa shape index (κ1) is 14.5. The normalized spacial score (nSPS) is 11.9. The number of aromatic nitrogens is 3. The molecule has 0 saturated carbocycles. The largest absolute Gasteiger partial charge is 0.465 e. The minimum absolute atomic E-state index is 0.270. The SMILES string of the molecule is CCOC(=O)[C@@H](C)Sc1ncc(-c2ccccc2)nn1. The first-order valence-corrected chi connectivity index (χ1v) is 7.17. The van der Waals surface area contributed by atoms with E-state index in [2.05, 4.69) is 15.2 Å². The number of benzene rings is 1. The Morgan fingerprint density at radius 3 is 2.65 bits per heavy atom. The van der Waals surface area contributed by atoms with Gasteiger partial charge in [-0.25, -0.2) is 4.98 Å². The lowest BCUT2D eigenvalue weighted by molar-refractivity contribution is -0.142. The minimum Gasteiger partial charge on any atom is -0.465 e. The Morgan fingerprint density at radius 2 is 2.05 bits per heavy atom. The van der Waals surface area contributed by atoms with E-state index in [1.807, 2.05) is 30.3 Å². The van der Waals surface area contributed by atoms with Crippen molar-refractivity contribution in [3.8, 4) is 11.3 Å². The number of carbonyl (C=O) groups is 1. The van der Waals surface area contributed by atoms with E-state index in [1.54, 1.807) is 20.0 Å². The van der Waals surface area contributed by atoms with Crippen LogP contribution >= 0.6 is 11.8 Å². The van der Waals surface area contributed by atoms with E-state index in [9.17, 15) is 4.79 Å². The fraction of sp³-hybridized carbons (Fsp3) is 0.286. The third kappa shape index (κ3) is 3.77. The van der Waals surface area contributed by atoms with Gasteiger partial charge in [-0.3, -0.25) is 4.79 Å². The van der Waals surface area contributed by atoms with E-state index in [-0.39, 0.29) is 11.2 Å². The molecule has 6 heteroatoms. The van der Waals surface area contributed by atoms with Gasteiger partial charge in [-0.05, 0) is 13.8 Å². The fourth-order valence-electron chi connectivity index (χ4n) is 1.53. The van der Waals surface area contributed by atoms with Crippen LogP contribution in [0.25, 0.3) is 11.3 Å². The van der Waals surface area contributed by atoms with Crippen LogP contribution < -0.4 is 0 Å². The van der Waals surface area contributed by atoms with Gasteiger partial charge in [-0.1, -0.05) is 42.1 Å². The molecule has 2 aromatic rings. The van der Waals surface area contributed by atoms with Gasteiger partial charge < -0.3 is 4.74 Å². The second-order valence-electron chi connectivity index (χ2n) is 4.00. The molecule has 1 aromatic heterocycles. The molecule has 0 bridgehead atoms. The van der Waals surface area contributed by atoms with Gasteiger partial charge in [0.05, 0.1) is 12.8 Å². The molecule has 20 heavy (non-hydrogen) atoms. The van der Waals surface area contributed by atoms with Crippen molar-refractivity contribution >= 4 is 17.7 Å². The van der Waals surface area contributed by atoms with Crippen LogP contribution in [0.5, 0.6) is 0 Å². The van der Waals surface area contributed by atoms with Gasteiger partial charge in [-0.2, -0.15) is 0 Å². The maximum Gasteiger partial charge on any atom is 0.319 e. The predicted molar refractivity (Wildman–Crippen MR) is 77.2 cm³/mol. The molecule has 0 aliphatic rings. The van der Waals surface area contributed by atoms with Crippen LogP contribution in [0.4, 0.5) is 0 Å². The van der Waals surface area contributed by atoms with Crippen LogP contribution in [0.2, 0.25) is 0 Å². The average Bonchev–Trinajstić information content (AvgIpc) is 2.49. The highest BCUT2D eigenvalue weighted by Crippen LogP contribution is 2.21. The molecule has 0 radical (unpaired) electrons. The molecule has 1 aromatic carbocycles. The third-order valence-electron chi connectivity index (χ3n) is 2.51. The summed E-state index contributed by atoms with van der Waals surface area (Å²) in [5.74, 6) is -0.270. The van der Waals surface area contributed by atoms with Crippen LogP contribution in [0.1, 0.15) is 13.8 Å². The summed E-state index contributed by atoms with van der Waals surface area (Å²) in [5, 5.41) is 8.27. The van der Waals surface area contributed by atoms with Crippen molar-refractivity contribution < 1.29 is 9.53 Å². The highest BCUT2D eigenvalue weighted by atomic mass is 32.2. The van der Waals surface area contributed by atoms with Gasteiger partial charge in [0.25, 0.3) is 0 Å². The number of carbonyl (C=O) groups excluding carboxylic acids is 1. The minimum atomic E-state index is -0.348. The number of esters is 1. The van der Waals surface area contributed by atoms with E-state index in [4.69, 9.17) is 4.74 Å². The molecule has 1 heterocycles. The Balaban J connectivity index is 2.04. The summed E-state index contributed by atoms with van der Waals surface area (Å²) in [6.07, 6.45) is 1.66. The number of thioether (sulfide) groups is 1. The van der Waals surface area contributed by atoms with Gasteiger partial charge in [-0.15, -0.1) is 10.2 Å². The Morgan fingerprint density at radius 1 is 1.30 bits per heavy atom. The molecule has 0 spiro atoms. The number of hydrogen-bond acceptors (Lipinski definition) is 6. The van der Waals surface area contributed by atoms with Crippen LogP contribution in [0, 0.1) is 0 Å². The lowest BCUT2D eigenvalue weighted by Crippen LogP contribution is -2.17. The van der Waals surface area contributed by atoms with E-state index in [0.717, 1.165) is 5.56 Å². The smallest absolute Gasteiger partial charge is 0.319 e. The Hall–Kier alpha value is -1.95. The molecule has 0 amide bonds. The summed E-state index contributed by atoms with van der Waals surface area (Å²) < 4.78 is 4.93. The van der Waals surface area contributed by atoms with Crippen molar-refractivity contribution in [1.82, 2.24) is 15.2 Å². The van der Waals surface area contributed by atoms with Crippen molar-refractivity contribution in [1.29, 1.82) is 0 Å². The standard InChI is InChI=1S/C14H15N3O2S/c1-3-19-13(18)10(2)20-14-15-9-12(16-17-14)11-7-5-4-6-8-11/h4-10H,3H2,1-2H3/t10-/m1/s1. The highest BCUT2D eigenvalue weighted by Gasteiger charge is 2.17. The zero-order valence-electron chi connectivity index (χ0n) is 11.3. The van der Waals surface area contributed by atoms with Crippen molar-refractivity contribution in [2.45, 2.75) is 24.3 Å². The summed E-state index contributed by atoms with van der Waals surface area (Å²) in [5.41, 5.74) is 1.67. The maximum absolute atomic E-state index is 11.5. The predicted octanol–water partition coefficient (Wildman–Crippen LogP) is 2.58. The van der Waals surface area contributed by atoms with Gasteiger partial charge in [0.1, 0.15) is 10.9 Å². The first-order valence-electron chi connectivity index (χ1n) is 6.29. The van der Waals surface area contributed by atoms with Crippen molar-refractivity contribution in [3.63, 3.8) is 0 Å². The maximum atomic E-state index is 11.5. The monoisotopic (exact) mass is 289 g/mol. The lowest BCUT2D eigenvalue weighted by Gasteiger charge is -2.08. The summed E-state index contributed by atoms with van der Waals surface area (Å²) >= 11 is 1.24. The second-order valence-corrected chi connectivity index (χ2v) is 5.31. The molecule has 0 fully saturated rings. The number of hydrogen-bond donors (Lipinski definition) is 0. The fourth-order valence-corrected chi connectivity index (χ4v) is 2.21. The van der Waals surface area contributed by atoms with Crippen LogP contribution in [0.3, 0.4) is 0 Å². The molecule has 104 valence electrons. The Bertz CT molecular complexity index is 560. The molecular weight excluding hydrogens is 274 g/mol. The Labute approximate surface area is 121 Å². The highest BCUT2D eigenvalue weighted by molar-refractivity contribution is 8.00. The quantitative estimate of drug-likeness (QED) is 0.622. The van der Waals surface area contributed by atoms with E-state index in [1.165, 1.54) is 11.8 Å². The lowest BCUT2D eigenvalue weighted by atomic mass is 10.2. The van der Waals surface area contributed by atoms with E-state index < -0.39 is 0 Å². The summed E-state index contributed by atoms with van der Waals surface area (Å²) in [6.45, 7) is 3.91. The molecule has 0 saturated heterocycles.